The number of hydrogen-bond acceptors (Lipinski definition) is 6. The van der Waals surface area contributed by atoms with Gasteiger partial charge in [0.25, 0.3) is 0 Å². The Morgan fingerprint density at radius 2 is 2.12 bits per heavy atom. The third-order valence-electron chi connectivity index (χ3n) is 2.01. The van der Waals surface area contributed by atoms with Crippen molar-refractivity contribution in [3.63, 3.8) is 0 Å². The number of aryl methyl sites for hydroxylation is 1. The Hall–Kier alpha value is -1.82. The van der Waals surface area contributed by atoms with Gasteiger partial charge in [0, 0.05) is 12.4 Å². The van der Waals surface area contributed by atoms with Crippen molar-refractivity contribution in [2.75, 3.05) is 6.61 Å². The van der Waals surface area contributed by atoms with Crippen molar-refractivity contribution in [1.82, 2.24) is 15.0 Å². The largest absolute Gasteiger partial charge is 0.462 e. The summed E-state index contributed by atoms with van der Waals surface area (Å²) in [5, 5.41) is 0.631. The van der Waals surface area contributed by atoms with Crippen molar-refractivity contribution in [2.45, 2.75) is 13.8 Å². The molecule has 2 heterocycles. The molecule has 88 valence electrons. The van der Waals surface area contributed by atoms with Crippen LogP contribution in [0.5, 0.6) is 0 Å². The number of carbonyl (C=O) groups excluding carboxylic acids is 1. The minimum absolute atomic E-state index is 0.343. The van der Waals surface area contributed by atoms with E-state index in [0.29, 0.717) is 28.0 Å². The first-order valence-electron chi connectivity index (χ1n) is 5.14. The summed E-state index contributed by atoms with van der Waals surface area (Å²) in [6.07, 6.45) is 3.28. The maximum absolute atomic E-state index is 11.6. The molecule has 2 aromatic rings. The lowest BCUT2D eigenvalue weighted by Crippen LogP contribution is -2.03. The number of esters is 1. The summed E-state index contributed by atoms with van der Waals surface area (Å²) in [6, 6.07) is 1.73. The minimum atomic E-state index is -0.343. The number of ether oxygens (including phenoxy) is 1. The number of nitrogens with zero attached hydrogens (tertiary/aromatic N) is 3. The van der Waals surface area contributed by atoms with E-state index in [2.05, 4.69) is 15.0 Å². The van der Waals surface area contributed by atoms with E-state index in [1.54, 1.807) is 32.3 Å². The average molecular weight is 249 g/mol. The maximum Gasteiger partial charge on any atom is 0.350 e. The van der Waals surface area contributed by atoms with Crippen LogP contribution in [0.15, 0.2) is 18.5 Å². The Kier molecular flexibility index (Phi) is 3.43. The Morgan fingerprint density at radius 3 is 2.76 bits per heavy atom. The molecule has 6 heteroatoms. The molecule has 0 radical (unpaired) electrons. The first-order valence-corrected chi connectivity index (χ1v) is 5.96. The predicted molar refractivity (Wildman–Crippen MR) is 63.8 cm³/mol. The van der Waals surface area contributed by atoms with Crippen LogP contribution in [0.1, 0.15) is 22.3 Å². The van der Waals surface area contributed by atoms with Gasteiger partial charge >= 0.3 is 5.97 Å². The molecular weight excluding hydrogens is 238 g/mol. The van der Waals surface area contributed by atoms with E-state index in [4.69, 9.17) is 4.74 Å². The van der Waals surface area contributed by atoms with Crippen LogP contribution in [0.25, 0.3) is 10.8 Å². The van der Waals surface area contributed by atoms with Crippen LogP contribution in [0.3, 0.4) is 0 Å². The van der Waals surface area contributed by atoms with Crippen LogP contribution in [-0.2, 0) is 4.74 Å². The second-order valence-electron chi connectivity index (χ2n) is 3.23. The molecule has 0 unspecified atom stereocenters. The molecule has 0 aliphatic rings. The third kappa shape index (κ3) is 2.47. The topological polar surface area (TPSA) is 65.0 Å². The van der Waals surface area contributed by atoms with Gasteiger partial charge in [-0.1, -0.05) is 0 Å². The van der Waals surface area contributed by atoms with Crippen LogP contribution in [-0.4, -0.2) is 27.5 Å². The van der Waals surface area contributed by atoms with Gasteiger partial charge in [-0.2, -0.15) is 0 Å². The first-order chi connectivity index (χ1) is 8.22. The highest BCUT2D eigenvalue weighted by Gasteiger charge is 2.17. The van der Waals surface area contributed by atoms with Crippen LogP contribution < -0.4 is 0 Å². The summed E-state index contributed by atoms with van der Waals surface area (Å²) in [6.45, 7) is 3.90. The molecule has 0 aliphatic heterocycles. The molecule has 0 spiro atoms. The van der Waals surface area contributed by atoms with Crippen LogP contribution in [0.4, 0.5) is 0 Å². The maximum atomic E-state index is 11.6. The smallest absolute Gasteiger partial charge is 0.350 e. The molecule has 0 saturated heterocycles. The number of aromatic nitrogens is 3. The van der Waals surface area contributed by atoms with E-state index < -0.39 is 0 Å². The Labute approximate surface area is 103 Å². The third-order valence-corrected chi connectivity index (χ3v) is 3.15. The van der Waals surface area contributed by atoms with Crippen molar-refractivity contribution in [2.24, 2.45) is 0 Å². The molecule has 0 N–H and O–H groups in total. The average Bonchev–Trinajstić information content (AvgIpc) is 2.73. The molecule has 2 rings (SSSR count). The van der Waals surface area contributed by atoms with Crippen molar-refractivity contribution in [3.05, 3.63) is 29.0 Å². The minimum Gasteiger partial charge on any atom is -0.462 e. The van der Waals surface area contributed by atoms with E-state index in [1.807, 2.05) is 0 Å². The van der Waals surface area contributed by atoms with Gasteiger partial charge in [-0.15, -0.1) is 11.3 Å². The molecule has 5 nitrogen and oxygen atoms in total. The van der Waals surface area contributed by atoms with Crippen molar-refractivity contribution in [3.8, 4) is 10.8 Å². The van der Waals surface area contributed by atoms with E-state index in [0.717, 1.165) is 0 Å². The first kappa shape index (κ1) is 11.7. The second-order valence-corrected chi connectivity index (χ2v) is 4.23. The fraction of sp³-hybridized carbons (Fsp3) is 0.273. The van der Waals surface area contributed by atoms with Crippen molar-refractivity contribution in [1.29, 1.82) is 0 Å². The zero-order valence-corrected chi connectivity index (χ0v) is 10.3. The summed E-state index contributed by atoms with van der Waals surface area (Å²) in [7, 11) is 0. The fourth-order valence-corrected chi connectivity index (χ4v) is 2.20. The SMILES string of the molecule is CCOC(=O)c1sc(-c2ncccn2)nc1C. The lowest BCUT2D eigenvalue weighted by molar-refractivity contribution is 0.0531. The highest BCUT2D eigenvalue weighted by atomic mass is 32.1. The van der Waals surface area contributed by atoms with Crippen LogP contribution in [0, 0.1) is 6.92 Å². The molecule has 0 saturated carbocycles. The highest BCUT2D eigenvalue weighted by molar-refractivity contribution is 7.16. The molecule has 0 aliphatic carbocycles. The van der Waals surface area contributed by atoms with Gasteiger partial charge in [-0.05, 0) is 19.9 Å². The molecule has 2 aromatic heterocycles. The Morgan fingerprint density at radius 1 is 1.41 bits per heavy atom. The van der Waals surface area contributed by atoms with Gasteiger partial charge in [0.2, 0.25) is 0 Å². The standard InChI is InChI=1S/C11H11N3O2S/c1-3-16-11(15)8-7(2)14-10(17-8)9-12-5-4-6-13-9/h4-6H,3H2,1-2H3. The Balaban J connectivity index is 2.34. The van der Waals surface area contributed by atoms with Gasteiger partial charge in [-0.3, -0.25) is 0 Å². The molecule has 0 bridgehead atoms. The normalized spacial score (nSPS) is 10.2. The van der Waals surface area contributed by atoms with Gasteiger partial charge in [0.1, 0.15) is 4.88 Å². The Bertz CT molecular complexity index is 525. The number of thiazole rings is 1. The molecule has 0 fully saturated rings. The van der Waals surface area contributed by atoms with E-state index >= 15 is 0 Å². The quantitative estimate of drug-likeness (QED) is 0.779. The van der Waals surface area contributed by atoms with E-state index in [1.165, 1.54) is 11.3 Å². The molecule has 0 amide bonds. The van der Waals surface area contributed by atoms with E-state index in [9.17, 15) is 4.79 Å². The van der Waals surface area contributed by atoms with Gasteiger partial charge in [0.05, 0.1) is 12.3 Å². The highest BCUT2D eigenvalue weighted by Crippen LogP contribution is 2.25. The zero-order valence-electron chi connectivity index (χ0n) is 9.51. The summed E-state index contributed by atoms with van der Waals surface area (Å²) in [4.78, 5) is 24.6. The monoisotopic (exact) mass is 249 g/mol. The molecular formula is C11H11N3O2S. The van der Waals surface area contributed by atoms with E-state index in [-0.39, 0.29) is 5.97 Å². The van der Waals surface area contributed by atoms with Gasteiger partial charge in [-0.25, -0.2) is 19.7 Å². The molecule has 0 aromatic carbocycles. The zero-order chi connectivity index (χ0) is 12.3. The lowest BCUT2D eigenvalue weighted by Gasteiger charge is -1.97. The van der Waals surface area contributed by atoms with Crippen molar-refractivity contribution >= 4 is 17.3 Å². The fourth-order valence-electron chi connectivity index (χ4n) is 1.29. The summed E-state index contributed by atoms with van der Waals surface area (Å²) in [5.41, 5.74) is 0.649. The second kappa shape index (κ2) is 5.01. The predicted octanol–water partition coefficient (Wildman–Crippen LogP) is 2.09. The molecule has 0 atom stereocenters. The van der Waals surface area contributed by atoms with Crippen LogP contribution >= 0.6 is 11.3 Å². The summed E-state index contributed by atoms with van der Waals surface area (Å²) < 4.78 is 4.95. The number of carbonyl (C=O) groups is 1. The summed E-state index contributed by atoms with van der Waals surface area (Å²) in [5.74, 6) is 0.181. The lowest BCUT2D eigenvalue weighted by atomic mass is 10.4. The number of rotatable bonds is 3. The van der Waals surface area contributed by atoms with Gasteiger partial charge < -0.3 is 4.74 Å². The molecule has 17 heavy (non-hydrogen) atoms. The number of hydrogen-bond donors (Lipinski definition) is 0. The van der Waals surface area contributed by atoms with Crippen LogP contribution in [0.2, 0.25) is 0 Å². The van der Waals surface area contributed by atoms with Gasteiger partial charge in [0.15, 0.2) is 10.8 Å². The summed E-state index contributed by atoms with van der Waals surface area (Å²) >= 11 is 1.25. The van der Waals surface area contributed by atoms with Crippen molar-refractivity contribution < 1.29 is 9.53 Å².